The van der Waals surface area contributed by atoms with Crippen LogP contribution in [-0.4, -0.2) is 15.9 Å². The lowest BCUT2D eigenvalue weighted by molar-refractivity contribution is 0.0946. The Labute approximate surface area is 105 Å². The topological polar surface area (TPSA) is 80.9 Å². The van der Waals surface area contributed by atoms with Gasteiger partial charge in [0.2, 0.25) is 0 Å². The van der Waals surface area contributed by atoms with Gasteiger partial charge in [0.15, 0.2) is 0 Å². The van der Waals surface area contributed by atoms with Crippen LogP contribution in [0.1, 0.15) is 21.6 Å². The van der Waals surface area contributed by atoms with Gasteiger partial charge < -0.3 is 11.1 Å². The molecular weight excluding hydrogens is 228 g/mol. The highest BCUT2D eigenvalue weighted by molar-refractivity contribution is 5.92. The Kier molecular flexibility index (Phi) is 3.52. The van der Waals surface area contributed by atoms with Gasteiger partial charge in [-0.3, -0.25) is 9.78 Å². The summed E-state index contributed by atoms with van der Waals surface area (Å²) in [4.78, 5) is 19.8. The van der Waals surface area contributed by atoms with Gasteiger partial charge in [0.1, 0.15) is 11.5 Å². The zero-order valence-electron chi connectivity index (χ0n) is 10.1. The lowest BCUT2D eigenvalue weighted by atomic mass is 10.1. The number of carbonyl (C=O) groups is 1. The molecule has 3 N–H and O–H groups in total. The normalized spacial score (nSPS) is 10.1. The molecule has 0 aromatic carbocycles. The first-order valence-corrected chi connectivity index (χ1v) is 5.57. The van der Waals surface area contributed by atoms with Gasteiger partial charge in [0.05, 0.1) is 0 Å². The number of nitrogens with zero attached hydrogens (tertiary/aromatic N) is 2. The van der Waals surface area contributed by atoms with Gasteiger partial charge in [-0.05, 0) is 36.2 Å². The Morgan fingerprint density at radius 2 is 2.22 bits per heavy atom. The van der Waals surface area contributed by atoms with Crippen molar-refractivity contribution in [2.75, 3.05) is 5.73 Å². The van der Waals surface area contributed by atoms with E-state index in [2.05, 4.69) is 15.3 Å². The Morgan fingerprint density at radius 3 is 2.94 bits per heavy atom. The Morgan fingerprint density at radius 1 is 1.39 bits per heavy atom. The zero-order chi connectivity index (χ0) is 13.0. The van der Waals surface area contributed by atoms with Crippen LogP contribution in [0.3, 0.4) is 0 Å². The number of aromatic nitrogens is 2. The van der Waals surface area contributed by atoms with E-state index in [4.69, 9.17) is 5.73 Å². The van der Waals surface area contributed by atoms with Crippen LogP contribution in [0.25, 0.3) is 0 Å². The van der Waals surface area contributed by atoms with Crippen molar-refractivity contribution in [2.24, 2.45) is 0 Å². The van der Waals surface area contributed by atoms with Crippen molar-refractivity contribution in [3.8, 4) is 0 Å². The van der Waals surface area contributed by atoms with Crippen LogP contribution in [0, 0.1) is 6.92 Å². The van der Waals surface area contributed by atoms with Gasteiger partial charge in [-0.2, -0.15) is 0 Å². The van der Waals surface area contributed by atoms with Crippen LogP contribution in [0.2, 0.25) is 0 Å². The number of amides is 1. The summed E-state index contributed by atoms with van der Waals surface area (Å²) in [6.45, 7) is 2.40. The minimum atomic E-state index is -0.237. The maximum Gasteiger partial charge on any atom is 0.270 e. The largest absolute Gasteiger partial charge is 0.384 e. The number of rotatable bonds is 3. The van der Waals surface area contributed by atoms with E-state index in [1.54, 1.807) is 30.6 Å². The van der Waals surface area contributed by atoms with Crippen molar-refractivity contribution in [3.05, 3.63) is 53.5 Å². The summed E-state index contributed by atoms with van der Waals surface area (Å²) in [6, 6.07) is 6.85. The van der Waals surface area contributed by atoms with E-state index in [1.165, 1.54) is 0 Å². The van der Waals surface area contributed by atoms with Crippen molar-refractivity contribution in [1.82, 2.24) is 15.3 Å². The number of hydrogen-bond donors (Lipinski definition) is 2. The van der Waals surface area contributed by atoms with Gasteiger partial charge in [-0.25, -0.2) is 4.98 Å². The predicted molar refractivity (Wildman–Crippen MR) is 68.8 cm³/mol. The SMILES string of the molecule is Cc1cnccc1CNC(=O)c1cccc(N)n1. The summed E-state index contributed by atoms with van der Waals surface area (Å²) < 4.78 is 0. The highest BCUT2D eigenvalue weighted by atomic mass is 16.1. The molecule has 1 amide bonds. The number of carbonyl (C=O) groups excluding carboxylic acids is 1. The van der Waals surface area contributed by atoms with E-state index < -0.39 is 0 Å². The van der Waals surface area contributed by atoms with Gasteiger partial charge >= 0.3 is 0 Å². The van der Waals surface area contributed by atoms with Crippen LogP contribution in [0.5, 0.6) is 0 Å². The third kappa shape index (κ3) is 2.82. The van der Waals surface area contributed by atoms with E-state index in [0.717, 1.165) is 11.1 Å². The number of pyridine rings is 2. The fraction of sp³-hybridized carbons (Fsp3) is 0.154. The highest BCUT2D eigenvalue weighted by Crippen LogP contribution is 2.05. The van der Waals surface area contributed by atoms with E-state index in [9.17, 15) is 4.79 Å². The second-order valence-corrected chi connectivity index (χ2v) is 3.93. The van der Waals surface area contributed by atoms with Crippen LogP contribution in [-0.2, 0) is 6.54 Å². The summed E-state index contributed by atoms with van der Waals surface area (Å²) in [6.07, 6.45) is 3.47. The Balaban J connectivity index is 2.03. The molecule has 2 rings (SSSR count). The smallest absolute Gasteiger partial charge is 0.270 e. The second-order valence-electron chi connectivity index (χ2n) is 3.93. The lowest BCUT2D eigenvalue weighted by Crippen LogP contribution is -2.24. The van der Waals surface area contributed by atoms with Crippen molar-refractivity contribution in [1.29, 1.82) is 0 Å². The molecule has 0 aliphatic heterocycles. The van der Waals surface area contributed by atoms with Crippen LogP contribution >= 0.6 is 0 Å². The number of nitrogens with one attached hydrogen (secondary N) is 1. The summed E-state index contributed by atoms with van der Waals surface area (Å²) in [5.74, 6) is 0.0984. The highest BCUT2D eigenvalue weighted by Gasteiger charge is 2.07. The Hall–Kier alpha value is -2.43. The van der Waals surface area contributed by atoms with E-state index in [-0.39, 0.29) is 5.91 Å². The first-order chi connectivity index (χ1) is 8.66. The number of hydrogen-bond acceptors (Lipinski definition) is 4. The molecule has 0 bridgehead atoms. The van der Waals surface area contributed by atoms with Crippen molar-refractivity contribution < 1.29 is 4.79 Å². The third-order valence-corrected chi connectivity index (χ3v) is 2.58. The standard InChI is InChI=1S/C13H14N4O/c1-9-7-15-6-5-10(9)8-16-13(18)11-3-2-4-12(14)17-11/h2-7H,8H2,1H3,(H2,14,17)(H,16,18). The fourth-order valence-corrected chi connectivity index (χ4v) is 1.54. The summed E-state index contributed by atoms with van der Waals surface area (Å²) in [5.41, 5.74) is 7.92. The van der Waals surface area contributed by atoms with Crippen molar-refractivity contribution in [3.63, 3.8) is 0 Å². The molecule has 92 valence electrons. The molecular formula is C13H14N4O. The van der Waals surface area contributed by atoms with Crippen LogP contribution in [0.15, 0.2) is 36.7 Å². The summed E-state index contributed by atoms with van der Waals surface area (Å²) in [7, 11) is 0. The molecule has 0 fully saturated rings. The average molecular weight is 242 g/mol. The quantitative estimate of drug-likeness (QED) is 0.850. The average Bonchev–Trinajstić information content (AvgIpc) is 2.37. The fourth-order valence-electron chi connectivity index (χ4n) is 1.54. The van der Waals surface area contributed by atoms with Crippen LogP contribution in [0.4, 0.5) is 5.82 Å². The van der Waals surface area contributed by atoms with Gasteiger partial charge in [0.25, 0.3) is 5.91 Å². The van der Waals surface area contributed by atoms with Gasteiger partial charge in [-0.15, -0.1) is 0 Å². The third-order valence-electron chi connectivity index (χ3n) is 2.58. The molecule has 0 aliphatic carbocycles. The lowest BCUT2D eigenvalue weighted by Gasteiger charge is -2.07. The number of anilines is 1. The number of nitrogen functional groups attached to an aromatic ring is 1. The molecule has 5 heteroatoms. The first kappa shape index (κ1) is 12.0. The minimum absolute atomic E-state index is 0.237. The minimum Gasteiger partial charge on any atom is -0.384 e. The Bertz CT molecular complexity index is 568. The van der Waals surface area contributed by atoms with E-state index >= 15 is 0 Å². The maximum absolute atomic E-state index is 11.8. The van der Waals surface area contributed by atoms with Crippen molar-refractivity contribution >= 4 is 11.7 Å². The molecule has 0 saturated carbocycles. The molecule has 0 unspecified atom stereocenters. The molecule has 0 radical (unpaired) electrons. The van der Waals surface area contributed by atoms with E-state index in [1.807, 2.05) is 13.0 Å². The molecule has 18 heavy (non-hydrogen) atoms. The molecule has 0 saturated heterocycles. The molecule has 0 spiro atoms. The predicted octanol–water partition coefficient (Wildman–Crippen LogP) is 1.30. The van der Waals surface area contributed by atoms with Gasteiger partial charge in [0, 0.05) is 18.9 Å². The molecule has 0 atom stereocenters. The molecule has 2 aromatic heterocycles. The number of aryl methyl sites for hydroxylation is 1. The summed E-state index contributed by atoms with van der Waals surface area (Å²) in [5, 5.41) is 2.80. The maximum atomic E-state index is 11.8. The summed E-state index contributed by atoms with van der Waals surface area (Å²) >= 11 is 0. The zero-order valence-corrected chi connectivity index (χ0v) is 10.1. The van der Waals surface area contributed by atoms with Gasteiger partial charge in [-0.1, -0.05) is 6.07 Å². The van der Waals surface area contributed by atoms with E-state index in [0.29, 0.717) is 18.1 Å². The van der Waals surface area contributed by atoms with Crippen LogP contribution < -0.4 is 11.1 Å². The van der Waals surface area contributed by atoms with Crippen molar-refractivity contribution in [2.45, 2.75) is 13.5 Å². The number of nitrogens with two attached hydrogens (primary N) is 1. The molecule has 2 aromatic rings. The second kappa shape index (κ2) is 5.27. The molecule has 5 nitrogen and oxygen atoms in total. The molecule has 2 heterocycles. The molecule has 0 aliphatic rings. The monoisotopic (exact) mass is 242 g/mol. The first-order valence-electron chi connectivity index (χ1n) is 5.57.